The van der Waals surface area contributed by atoms with E-state index in [-0.39, 0.29) is 6.04 Å². The molecule has 0 saturated carbocycles. The summed E-state index contributed by atoms with van der Waals surface area (Å²) in [5.41, 5.74) is -0.521. The number of alkyl halides is 1. The Kier molecular flexibility index (Phi) is 9.51. The van der Waals surface area contributed by atoms with Crippen LogP contribution in [0.5, 0.6) is 12.0 Å². The fraction of sp³-hybridized carbons (Fsp3) is 0.842. The highest BCUT2D eigenvalue weighted by atomic mass is 35.5. The molecule has 1 aliphatic heterocycles. The first-order valence-electron chi connectivity index (χ1n) is 10.1. The number of morpholine rings is 1. The molecule has 154 valence electrons. The van der Waals surface area contributed by atoms with E-state index in [0.717, 1.165) is 38.8 Å². The van der Waals surface area contributed by atoms with Gasteiger partial charge in [0.05, 0.1) is 19.8 Å². The van der Waals surface area contributed by atoms with Crippen molar-refractivity contribution in [1.29, 1.82) is 0 Å². The molecular formula is C19H33ClN4O3. The van der Waals surface area contributed by atoms with Gasteiger partial charge in [-0.2, -0.15) is 9.97 Å². The quantitative estimate of drug-likeness (QED) is 0.413. The smallest absolute Gasteiger partial charge is 0.322 e. The van der Waals surface area contributed by atoms with Crippen molar-refractivity contribution in [3.63, 3.8) is 0 Å². The Morgan fingerprint density at radius 3 is 2.19 bits per heavy atom. The van der Waals surface area contributed by atoms with Crippen molar-refractivity contribution in [2.75, 3.05) is 32.9 Å². The molecule has 0 aromatic carbocycles. The molecule has 0 spiro atoms. The van der Waals surface area contributed by atoms with Gasteiger partial charge in [0, 0.05) is 13.1 Å². The summed E-state index contributed by atoms with van der Waals surface area (Å²) >= 11 is 6.51. The van der Waals surface area contributed by atoms with Crippen LogP contribution in [-0.4, -0.2) is 58.3 Å². The Morgan fingerprint density at radius 2 is 1.67 bits per heavy atom. The standard InChI is InChI=1S/C19H33ClN4O3/c1-5-7-10-26-18-21-17(22-19(23-18)27-11-8-6-2)15-16(20)25-12-9-24(15)13-14(3)4/h14-16H,5-13H2,1-4H3. The zero-order valence-electron chi connectivity index (χ0n) is 17.0. The van der Waals surface area contributed by atoms with Crippen molar-refractivity contribution in [1.82, 2.24) is 19.9 Å². The molecule has 1 saturated heterocycles. The third kappa shape index (κ3) is 7.05. The number of nitrogens with zero attached hydrogens (tertiary/aromatic N) is 4. The van der Waals surface area contributed by atoms with Crippen molar-refractivity contribution < 1.29 is 14.2 Å². The van der Waals surface area contributed by atoms with E-state index in [4.69, 9.17) is 25.8 Å². The average Bonchev–Trinajstić information content (AvgIpc) is 2.62. The van der Waals surface area contributed by atoms with Gasteiger partial charge in [0.2, 0.25) is 0 Å². The molecule has 0 radical (unpaired) electrons. The molecule has 0 aliphatic carbocycles. The topological polar surface area (TPSA) is 69.6 Å². The molecule has 2 rings (SSSR count). The minimum atomic E-state index is -0.521. The Labute approximate surface area is 167 Å². The summed E-state index contributed by atoms with van der Waals surface area (Å²) in [5.74, 6) is 1.04. The molecule has 0 bridgehead atoms. The fourth-order valence-electron chi connectivity index (χ4n) is 2.86. The van der Waals surface area contributed by atoms with Gasteiger partial charge in [0.15, 0.2) is 11.4 Å². The highest BCUT2D eigenvalue weighted by Crippen LogP contribution is 2.31. The van der Waals surface area contributed by atoms with Gasteiger partial charge in [-0.1, -0.05) is 52.1 Å². The van der Waals surface area contributed by atoms with Gasteiger partial charge in [-0.3, -0.25) is 4.90 Å². The van der Waals surface area contributed by atoms with E-state index in [1.54, 1.807) is 0 Å². The largest absolute Gasteiger partial charge is 0.463 e. The first-order valence-corrected chi connectivity index (χ1v) is 10.5. The van der Waals surface area contributed by atoms with Crippen LogP contribution in [-0.2, 0) is 4.74 Å². The summed E-state index contributed by atoms with van der Waals surface area (Å²) < 4.78 is 17.1. The first-order chi connectivity index (χ1) is 13.0. The molecule has 2 heterocycles. The molecule has 1 fully saturated rings. The lowest BCUT2D eigenvalue weighted by Gasteiger charge is -2.38. The molecular weight excluding hydrogens is 368 g/mol. The molecule has 8 heteroatoms. The predicted molar refractivity (Wildman–Crippen MR) is 105 cm³/mol. The van der Waals surface area contributed by atoms with E-state index in [9.17, 15) is 0 Å². The zero-order chi connectivity index (χ0) is 19.6. The number of hydrogen-bond acceptors (Lipinski definition) is 7. The van der Waals surface area contributed by atoms with Crippen molar-refractivity contribution in [2.45, 2.75) is 65.0 Å². The van der Waals surface area contributed by atoms with E-state index >= 15 is 0 Å². The summed E-state index contributed by atoms with van der Waals surface area (Å²) in [6.07, 6.45) is 3.97. The maximum Gasteiger partial charge on any atom is 0.322 e. The van der Waals surface area contributed by atoms with Crippen LogP contribution in [0.3, 0.4) is 0 Å². The highest BCUT2D eigenvalue weighted by molar-refractivity contribution is 6.20. The Hall–Kier alpha value is -1.18. The van der Waals surface area contributed by atoms with E-state index in [0.29, 0.717) is 43.6 Å². The molecule has 0 amide bonds. The van der Waals surface area contributed by atoms with Gasteiger partial charge in [-0.15, -0.1) is 4.98 Å². The summed E-state index contributed by atoms with van der Waals surface area (Å²) in [6.45, 7) is 12.0. The van der Waals surface area contributed by atoms with Gasteiger partial charge in [0.25, 0.3) is 0 Å². The van der Waals surface area contributed by atoms with Crippen molar-refractivity contribution in [3.05, 3.63) is 5.82 Å². The molecule has 2 unspecified atom stereocenters. The van der Waals surface area contributed by atoms with E-state index in [2.05, 4.69) is 47.5 Å². The second-order valence-electron chi connectivity index (χ2n) is 7.22. The zero-order valence-corrected chi connectivity index (χ0v) is 17.7. The molecule has 0 N–H and O–H groups in total. The summed E-state index contributed by atoms with van der Waals surface area (Å²) in [7, 11) is 0. The maximum absolute atomic E-state index is 6.51. The average molecular weight is 401 g/mol. The minimum Gasteiger partial charge on any atom is -0.463 e. The van der Waals surface area contributed by atoms with Gasteiger partial charge >= 0.3 is 12.0 Å². The van der Waals surface area contributed by atoms with Crippen LogP contribution in [0.1, 0.15) is 65.2 Å². The molecule has 1 aliphatic rings. The second-order valence-corrected chi connectivity index (χ2v) is 7.65. The predicted octanol–water partition coefficient (Wildman–Crippen LogP) is 3.82. The van der Waals surface area contributed by atoms with Crippen LogP contribution in [0.2, 0.25) is 0 Å². The van der Waals surface area contributed by atoms with Crippen LogP contribution >= 0.6 is 11.6 Å². The van der Waals surface area contributed by atoms with Gasteiger partial charge < -0.3 is 14.2 Å². The van der Waals surface area contributed by atoms with Crippen molar-refractivity contribution in [3.8, 4) is 12.0 Å². The number of aromatic nitrogens is 3. The van der Waals surface area contributed by atoms with Crippen LogP contribution in [0.25, 0.3) is 0 Å². The number of hydrogen-bond donors (Lipinski definition) is 0. The van der Waals surface area contributed by atoms with Crippen LogP contribution in [0, 0.1) is 5.92 Å². The monoisotopic (exact) mass is 400 g/mol. The lowest BCUT2D eigenvalue weighted by molar-refractivity contribution is -0.0398. The SMILES string of the molecule is CCCCOc1nc(OCCCC)nc(C2C(Cl)OCCN2CC(C)C)n1. The highest BCUT2D eigenvalue weighted by Gasteiger charge is 2.35. The number of rotatable bonds is 11. The lowest BCUT2D eigenvalue weighted by atomic mass is 10.1. The third-order valence-corrected chi connectivity index (χ3v) is 4.60. The first kappa shape index (κ1) is 22.1. The van der Waals surface area contributed by atoms with Crippen molar-refractivity contribution in [2.24, 2.45) is 5.92 Å². The fourth-order valence-corrected chi connectivity index (χ4v) is 3.22. The third-order valence-electron chi connectivity index (χ3n) is 4.23. The number of ether oxygens (including phenoxy) is 3. The number of halogens is 1. The van der Waals surface area contributed by atoms with E-state index < -0.39 is 5.56 Å². The Balaban J connectivity index is 2.26. The van der Waals surface area contributed by atoms with Gasteiger partial charge in [0.1, 0.15) is 6.04 Å². The normalized spacial score (nSPS) is 20.8. The van der Waals surface area contributed by atoms with E-state index in [1.807, 2.05) is 0 Å². The van der Waals surface area contributed by atoms with Gasteiger partial charge in [-0.05, 0) is 18.8 Å². The summed E-state index contributed by atoms with van der Waals surface area (Å²) in [6, 6.07) is 0.325. The lowest BCUT2D eigenvalue weighted by Crippen LogP contribution is -2.45. The summed E-state index contributed by atoms with van der Waals surface area (Å²) in [4.78, 5) is 15.7. The Bertz CT molecular complexity index is 534. The summed E-state index contributed by atoms with van der Waals surface area (Å²) in [5, 5.41) is 0. The van der Waals surface area contributed by atoms with Crippen LogP contribution in [0.4, 0.5) is 0 Å². The second kappa shape index (κ2) is 11.6. The minimum absolute atomic E-state index is 0.257. The molecule has 1 aromatic heterocycles. The van der Waals surface area contributed by atoms with Crippen LogP contribution < -0.4 is 9.47 Å². The molecule has 2 atom stereocenters. The van der Waals surface area contributed by atoms with Crippen molar-refractivity contribution >= 4 is 11.6 Å². The van der Waals surface area contributed by atoms with Crippen LogP contribution in [0.15, 0.2) is 0 Å². The molecule has 27 heavy (non-hydrogen) atoms. The molecule has 7 nitrogen and oxygen atoms in total. The maximum atomic E-state index is 6.51. The Morgan fingerprint density at radius 1 is 1.07 bits per heavy atom. The van der Waals surface area contributed by atoms with Gasteiger partial charge in [-0.25, -0.2) is 0 Å². The number of unbranched alkanes of at least 4 members (excludes halogenated alkanes) is 2. The van der Waals surface area contributed by atoms with E-state index in [1.165, 1.54) is 0 Å². The molecule has 1 aromatic rings.